The fourth-order valence-electron chi connectivity index (χ4n) is 5.42. The predicted molar refractivity (Wildman–Crippen MR) is 108 cm³/mol. The Balaban J connectivity index is 1.26. The van der Waals surface area contributed by atoms with E-state index in [0.29, 0.717) is 39.0 Å². The van der Waals surface area contributed by atoms with E-state index in [0.717, 1.165) is 11.4 Å². The van der Waals surface area contributed by atoms with Crippen LogP contribution in [0.25, 0.3) is 11.3 Å². The number of benzene rings is 1. The van der Waals surface area contributed by atoms with Crippen LogP contribution >= 0.6 is 23.2 Å². The third-order valence-corrected chi connectivity index (χ3v) is 7.33. The molecular formula is C22H16Cl2N2O3. The van der Waals surface area contributed by atoms with Crippen molar-refractivity contribution in [3.63, 3.8) is 0 Å². The highest BCUT2D eigenvalue weighted by Gasteiger charge is 2.67. The van der Waals surface area contributed by atoms with Crippen molar-refractivity contribution >= 4 is 41.2 Å². The molecular weight excluding hydrogens is 411 g/mol. The van der Waals surface area contributed by atoms with E-state index in [9.17, 15) is 9.59 Å². The smallest absolute Gasteiger partial charge is 0.254 e. The normalized spacial score (nSPS) is 34.2. The number of hydrazone groups is 1. The quantitative estimate of drug-likeness (QED) is 0.407. The fraction of sp³-hybridized carbons (Fsp3) is 0.318. The Morgan fingerprint density at radius 2 is 1.69 bits per heavy atom. The van der Waals surface area contributed by atoms with E-state index in [1.165, 1.54) is 6.21 Å². The first-order chi connectivity index (χ1) is 14.0. The summed E-state index contributed by atoms with van der Waals surface area (Å²) in [6, 6.07) is 8.59. The Hall–Kier alpha value is -2.37. The van der Waals surface area contributed by atoms with Crippen molar-refractivity contribution in [2.24, 2.45) is 40.6 Å². The SMILES string of the molecule is O=C1[C@@H]2[C@H]3C=C[C@@H]([C@@H]4C[C@@H]34)[C@H]2C(=O)N1N=Cc1ccc(-c2cc(Cl)ccc2Cl)o1. The molecule has 3 fully saturated rings. The Morgan fingerprint density at radius 1 is 1.00 bits per heavy atom. The summed E-state index contributed by atoms with van der Waals surface area (Å²) in [5.41, 5.74) is 0.667. The van der Waals surface area contributed by atoms with Gasteiger partial charge < -0.3 is 4.42 Å². The molecule has 2 saturated carbocycles. The molecule has 0 spiro atoms. The number of carbonyl (C=O) groups excluding carboxylic acids is 2. The largest absolute Gasteiger partial charge is 0.455 e. The summed E-state index contributed by atoms with van der Waals surface area (Å²) in [6.45, 7) is 0. The van der Waals surface area contributed by atoms with Crippen LogP contribution in [0.2, 0.25) is 10.0 Å². The Morgan fingerprint density at radius 3 is 2.38 bits per heavy atom. The molecule has 5 nitrogen and oxygen atoms in total. The van der Waals surface area contributed by atoms with Crippen LogP contribution in [0.5, 0.6) is 0 Å². The van der Waals surface area contributed by atoms with E-state index < -0.39 is 0 Å². The molecule has 29 heavy (non-hydrogen) atoms. The van der Waals surface area contributed by atoms with Gasteiger partial charge in [0.2, 0.25) is 0 Å². The van der Waals surface area contributed by atoms with Crippen LogP contribution in [0.1, 0.15) is 12.2 Å². The van der Waals surface area contributed by atoms with Crippen molar-refractivity contribution in [1.82, 2.24) is 5.01 Å². The number of allylic oxidation sites excluding steroid dienone is 2. The number of carbonyl (C=O) groups is 2. The third kappa shape index (κ3) is 2.50. The molecule has 2 aromatic rings. The molecule has 7 rings (SSSR count). The molecule has 2 heterocycles. The molecule has 0 unspecified atom stereocenters. The lowest BCUT2D eigenvalue weighted by Crippen LogP contribution is -2.40. The summed E-state index contributed by atoms with van der Waals surface area (Å²) >= 11 is 12.3. The summed E-state index contributed by atoms with van der Waals surface area (Å²) in [5, 5.41) is 6.30. The number of nitrogens with zero attached hydrogens (tertiary/aromatic N) is 2. The average Bonchev–Trinajstić information content (AvgIpc) is 3.36. The first-order valence-electron chi connectivity index (χ1n) is 9.68. The molecule has 7 heteroatoms. The molecule has 5 aliphatic rings. The molecule has 2 bridgehead atoms. The van der Waals surface area contributed by atoms with Crippen molar-refractivity contribution in [1.29, 1.82) is 0 Å². The summed E-state index contributed by atoms with van der Waals surface area (Å²) in [6.07, 6.45) is 6.84. The number of rotatable bonds is 3. The second kappa shape index (κ2) is 6.07. The van der Waals surface area contributed by atoms with Gasteiger partial charge in [0.1, 0.15) is 11.5 Å². The average molecular weight is 427 g/mol. The molecule has 0 N–H and O–H groups in total. The van der Waals surface area contributed by atoms with Gasteiger partial charge in [-0.25, -0.2) is 0 Å². The number of halogens is 2. The number of amides is 2. The van der Waals surface area contributed by atoms with Crippen LogP contribution in [0.3, 0.4) is 0 Å². The Kier molecular flexibility index (Phi) is 3.66. The van der Waals surface area contributed by atoms with Crippen LogP contribution in [0, 0.1) is 35.5 Å². The molecule has 4 aliphatic carbocycles. The number of imide groups is 1. The zero-order chi connectivity index (χ0) is 19.9. The minimum atomic E-state index is -0.254. The minimum Gasteiger partial charge on any atom is -0.455 e. The lowest BCUT2D eigenvalue weighted by Gasteiger charge is -2.37. The van der Waals surface area contributed by atoms with E-state index in [2.05, 4.69) is 17.3 Å². The van der Waals surface area contributed by atoms with Gasteiger partial charge in [0.05, 0.1) is 23.1 Å². The van der Waals surface area contributed by atoms with Gasteiger partial charge in [-0.2, -0.15) is 10.1 Å². The van der Waals surface area contributed by atoms with Gasteiger partial charge in [-0.3, -0.25) is 9.59 Å². The predicted octanol–water partition coefficient (Wildman–Crippen LogP) is 4.64. The zero-order valence-electron chi connectivity index (χ0n) is 15.2. The van der Waals surface area contributed by atoms with Gasteiger partial charge in [0.15, 0.2) is 0 Å². The maximum absolute atomic E-state index is 12.9. The van der Waals surface area contributed by atoms with Crippen LogP contribution in [0.4, 0.5) is 0 Å². The molecule has 1 aromatic heterocycles. The van der Waals surface area contributed by atoms with E-state index in [4.69, 9.17) is 27.6 Å². The van der Waals surface area contributed by atoms with Crippen LogP contribution in [0.15, 0.2) is 52.0 Å². The van der Waals surface area contributed by atoms with E-state index in [1.54, 1.807) is 30.3 Å². The molecule has 2 amide bonds. The highest BCUT2D eigenvalue weighted by atomic mass is 35.5. The second-order valence-electron chi connectivity index (χ2n) is 8.21. The molecule has 6 atom stereocenters. The lowest BCUT2D eigenvalue weighted by atomic mass is 9.63. The minimum absolute atomic E-state index is 0.187. The summed E-state index contributed by atoms with van der Waals surface area (Å²) in [5.74, 6) is 1.59. The van der Waals surface area contributed by atoms with Crippen molar-refractivity contribution < 1.29 is 14.0 Å². The van der Waals surface area contributed by atoms with Crippen molar-refractivity contribution in [3.05, 3.63) is 58.3 Å². The molecule has 1 saturated heterocycles. The summed E-state index contributed by atoms with van der Waals surface area (Å²) < 4.78 is 5.78. The molecule has 1 aromatic carbocycles. The van der Waals surface area contributed by atoms with Crippen molar-refractivity contribution in [2.75, 3.05) is 0 Å². The Labute approximate surface area is 177 Å². The first kappa shape index (κ1) is 17.5. The number of hydrogen-bond acceptors (Lipinski definition) is 4. The maximum atomic E-state index is 12.9. The zero-order valence-corrected chi connectivity index (χ0v) is 16.7. The number of hydrogen-bond donors (Lipinski definition) is 0. The van der Waals surface area contributed by atoms with Crippen LogP contribution < -0.4 is 0 Å². The van der Waals surface area contributed by atoms with Gasteiger partial charge in [0.25, 0.3) is 11.8 Å². The van der Waals surface area contributed by atoms with E-state index in [1.807, 2.05) is 0 Å². The van der Waals surface area contributed by atoms with Gasteiger partial charge in [-0.1, -0.05) is 35.4 Å². The summed E-state index contributed by atoms with van der Waals surface area (Å²) in [4.78, 5) is 25.9. The highest BCUT2D eigenvalue weighted by Crippen LogP contribution is 2.65. The highest BCUT2D eigenvalue weighted by molar-refractivity contribution is 6.35. The third-order valence-electron chi connectivity index (χ3n) is 6.76. The van der Waals surface area contributed by atoms with Gasteiger partial charge >= 0.3 is 0 Å². The second-order valence-corrected chi connectivity index (χ2v) is 9.06. The van der Waals surface area contributed by atoms with E-state index >= 15 is 0 Å². The monoisotopic (exact) mass is 426 g/mol. The van der Waals surface area contributed by atoms with E-state index in [-0.39, 0.29) is 35.5 Å². The standard InChI is InChI=1S/C22H16Cl2N2O3/c23-10-1-5-17(24)16(7-10)18-6-2-11(29-18)9-25-26-21(27)19-12-3-4-13(15-8-14(12)15)20(19)22(26)28/h1-7,9,12-15,19-20H,8H2/t12-,13-,14-,15-,19+,20+/m0/s1. The van der Waals surface area contributed by atoms with Gasteiger partial charge in [0, 0.05) is 10.6 Å². The molecule has 146 valence electrons. The lowest BCUT2D eigenvalue weighted by molar-refractivity contribution is -0.140. The van der Waals surface area contributed by atoms with Gasteiger partial charge in [-0.15, -0.1) is 0 Å². The van der Waals surface area contributed by atoms with Crippen LogP contribution in [-0.2, 0) is 9.59 Å². The summed E-state index contributed by atoms with van der Waals surface area (Å²) in [7, 11) is 0. The topological polar surface area (TPSA) is 62.9 Å². The van der Waals surface area contributed by atoms with Crippen LogP contribution in [-0.4, -0.2) is 23.0 Å². The Bertz CT molecular complexity index is 1090. The van der Waals surface area contributed by atoms with Crippen molar-refractivity contribution in [3.8, 4) is 11.3 Å². The van der Waals surface area contributed by atoms with Gasteiger partial charge in [-0.05, 0) is 60.4 Å². The van der Waals surface area contributed by atoms with Crippen molar-refractivity contribution in [2.45, 2.75) is 6.42 Å². The molecule has 0 radical (unpaired) electrons. The molecule has 1 aliphatic heterocycles. The fourth-order valence-corrected chi connectivity index (χ4v) is 5.81. The first-order valence-corrected chi connectivity index (χ1v) is 10.4. The maximum Gasteiger partial charge on any atom is 0.254 e. The number of furan rings is 1.